The minimum Gasteiger partial charge on any atom is -0.328 e. The Balaban J connectivity index is 1.79. The van der Waals surface area contributed by atoms with Gasteiger partial charge in [-0.25, -0.2) is 9.45 Å². The van der Waals surface area contributed by atoms with Crippen LogP contribution in [0.2, 0.25) is 0 Å². The van der Waals surface area contributed by atoms with Crippen LogP contribution in [-0.2, 0) is 9.63 Å². The maximum absolute atomic E-state index is 13.7. The quantitative estimate of drug-likeness (QED) is 0.908. The van der Waals surface area contributed by atoms with Crippen LogP contribution in [0.5, 0.6) is 0 Å². The van der Waals surface area contributed by atoms with E-state index in [0.717, 1.165) is 25.7 Å². The molecule has 0 aromatic heterocycles. The maximum Gasteiger partial charge on any atom is 0.249 e. The Morgan fingerprint density at radius 2 is 2.00 bits per heavy atom. The number of hydroxylamine groups is 2. The van der Waals surface area contributed by atoms with Crippen molar-refractivity contribution >= 4 is 5.91 Å². The van der Waals surface area contributed by atoms with Crippen molar-refractivity contribution in [2.24, 2.45) is 11.7 Å². The summed E-state index contributed by atoms with van der Waals surface area (Å²) < 4.78 is 13.7. The van der Waals surface area contributed by atoms with E-state index in [1.54, 1.807) is 6.07 Å². The van der Waals surface area contributed by atoms with Crippen molar-refractivity contribution in [2.45, 2.75) is 44.2 Å². The van der Waals surface area contributed by atoms with E-state index in [-0.39, 0.29) is 29.5 Å². The van der Waals surface area contributed by atoms with Gasteiger partial charge >= 0.3 is 0 Å². The lowest BCUT2D eigenvalue weighted by Gasteiger charge is -2.30. The number of hydrogen-bond donors (Lipinski definition) is 1. The van der Waals surface area contributed by atoms with Crippen LogP contribution in [0.25, 0.3) is 0 Å². The van der Waals surface area contributed by atoms with Crippen molar-refractivity contribution in [3.63, 3.8) is 0 Å². The summed E-state index contributed by atoms with van der Waals surface area (Å²) in [5, 5.41) is 10.4. The van der Waals surface area contributed by atoms with Gasteiger partial charge in [0.1, 0.15) is 5.82 Å². The van der Waals surface area contributed by atoms with E-state index in [2.05, 4.69) is 0 Å². The highest BCUT2D eigenvalue weighted by Gasteiger charge is 2.37. The third kappa shape index (κ3) is 3.36. The zero-order valence-electron chi connectivity index (χ0n) is 12.9. The third-order valence-electron chi connectivity index (χ3n) is 4.68. The molecule has 1 saturated heterocycles. The first kappa shape index (κ1) is 15.9. The molecule has 1 heterocycles. The molecule has 1 aliphatic heterocycles. The Morgan fingerprint density at radius 1 is 1.26 bits per heavy atom. The molecule has 5 nitrogen and oxygen atoms in total. The van der Waals surface area contributed by atoms with Gasteiger partial charge in [0.2, 0.25) is 5.91 Å². The Morgan fingerprint density at radius 3 is 2.70 bits per heavy atom. The standard InChI is InChI=1S/C17H20FN3O2/c18-14-8-11(10-19)7-13(9-14)16-5-6-23-21(16)17(22)12-1-3-15(20)4-2-12/h7-9,12,15-16H,1-6,20H2/t12?,15?,16-/m0/s1. The monoisotopic (exact) mass is 317 g/mol. The summed E-state index contributed by atoms with van der Waals surface area (Å²) in [5.41, 5.74) is 6.75. The maximum atomic E-state index is 13.7. The van der Waals surface area contributed by atoms with Crippen LogP contribution in [0, 0.1) is 23.1 Å². The Bertz CT molecular complexity index is 635. The molecule has 0 spiro atoms. The average molecular weight is 317 g/mol. The Hall–Kier alpha value is -1.97. The molecule has 1 aromatic rings. The second kappa shape index (κ2) is 6.65. The van der Waals surface area contributed by atoms with E-state index in [9.17, 15) is 9.18 Å². The molecule has 1 aliphatic carbocycles. The van der Waals surface area contributed by atoms with E-state index < -0.39 is 5.82 Å². The number of nitriles is 1. The number of halogens is 1. The van der Waals surface area contributed by atoms with Crippen LogP contribution < -0.4 is 5.73 Å². The van der Waals surface area contributed by atoms with Gasteiger partial charge in [-0.3, -0.25) is 9.63 Å². The largest absolute Gasteiger partial charge is 0.328 e. The highest BCUT2D eigenvalue weighted by atomic mass is 19.1. The fraction of sp³-hybridized carbons (Fsp3) is 0.529. The number of nitrogens with two attached hydrogens (primary N) is 1. The number of amides is 1. The molecule has 0 bridgehead atoms. The number of nitrogens with zero attached hydrogens (tertiary/aromatic N) is 2. The first-order chi connectivity index (χ1) is 11.1. The summed E-state index contributed by atoms with van der Waals surface area (Å²) in [6.45, 7) is 0.418. The zero-order chi connectivity index (χ0) is 16.4. The molecule has 0 radical (unpaired) electrons. The van der Waals surface area contributed by atoms with Crippen molar-refractivity contribution in [3.05, 3.63) is 35.1 Å². The van der Waals surface area contributed by atoms with E-state index in [1.807, 2.05) is 6.07 Å². The predicted molar refractivity (Wildman–Crippen MR) is 81.2 cm³/mol. The van der Waals surface area contributed by atoms with E-state index in [0.29, 0.717) is 18.6 Å². The van der Waals surface area contributed by atoms with Crippen molar-refractivity contribution in [3.8, 4) is 6.07 Å². The minimum atomic E-state index is -0.470. The summed E-state index contributed by atoms with van der Waals surface area (Å²) >= 11 is 0. The van der Waals surface area contributed by atoms with Gasteiger partial charge in [-0.15, -0.1) is 0 Å². The molecule has 1 saturated carbocycles. The zero-order valence-corrected chi connectivity index (χ0v) is 12.9. The molecular formula is C17H20FN3O2. The molecular weight excluding hydrogens is 297 g/mol. The van der Waals surface area contributed by atoms with Gasteiger partial charge in [-0.2, -0.15) is 5.26 Å². The highest BCUT2D eigenvalue weighted by Crippen LogP contribution is 2.35. The number of carbonyl (C=O) groups is 1. The second-order valence-corrected chi connectivity index (χ2v) is 6.30. The van der Waals surface area contributed by atoms with Gasteiger partial charge in [0.05, 0.1) is 24.3 Å². The summed E-state index contributed by atoms with van der Waals surface area (Å²) in [4.78, 5) is 18.3. The molecule has 3 rings (SSSR count). The van der Waals surface area contributed by atoms with Gasteiger partial charge in [-0.1, -0.05) is 0 Å². The van der Waals surface area contributed by atoms with Crippen molar-refractivity contribution in [1.82, 2.24) is 5.06 Å². The van der Waals surface area contributed by atoms with Crippen molar-refractivity contribution in [1.29, 1.82) is 5.26 Å². The van der Waals surface area contributed by atoms with Gasteiger partial charge < -0.3 is 5.73 Å². The fourth-order valence-corrected chi connectivity index (χ4v) is 3.40. The smallest absolute Gasteiger partial charge is 0.249 e. The molecule has 1 aromatic carbocycles. The lowest BCUT2D eigenvalue weighted by molar-refractivity contribution is -0.182. The van der Waals surface area contributed by atoms with Crippen LogP contribution in [0.3, 0.4) is 0 Å². The normalized spacial score (nSPS) is 27.7. The predicted octanol–water partition coefficient (Wildman–Crippen LogP) is 2.42. The highest BCUT2D eigenvalue weighted by molar-refractivity contribution is 5.78. The van der Waals surface area contributed by atoms with Crippen LogP contribution >= 0.6 is 0 Å². The third-order valence-corrected chi connectivity index (χ3v) is 4.68. The van der Waals surface area contributed by atoms with Crippen LogP contribution in [0.1, 0.15) is 49.3 Å². The molecule has 1 atom stereocenters. The van der Waals surface area contributed by atoms with E-state index >= 15 is 0 Å². The van der Waals surface area contributed by atoms with Gasteiger partial charge in [0.25, 0.3) is 0 Å². The van der Waals surface area contributed by atoms with Crippen LogP contribution in [-0.4, -0.2) is 23.6 Å². The van der Waals surface area contributed by atoms with Crippen molar-refractivity contribution in [2.75, 3.05) is 6.61 Å². The number of benzene rings is 1. The first-order valence-corrected chi connectivity index (χ1v) is 8.00. The summed E-state index contributed by atoms with van der Waals surface area (Å²) in [6.07, 6.45) is 3.81. The Labute approximate surface area is 134 Å². The van der Waals surface area contributed by atoms with Gasteiger partial charge in [-0.05, 0) is 49.4 Å². The number of rotatable bonds is 2. The average Bonchev–Trinajstić information content (AvgIpc) is 3.04. The summed E-state index contributed by atoms with van der Waals surface area (Å²) in [6, 6.07) is 5.98. The minimum absolute atomic E-state index is 0.0535. The van der Waals surface area contributed by atoms with Gasteiger partial charge in [0, 0.05) is 18.4 Å². The topological polar surface area (TPSA) is 79.3 Å². The molecule has 2 aliphatic rings. The molecule has 6 heteroatoms. The van der Waals surface area contributed by atoms with Crippen LogP contribution in [0.4, 0.5) is 4.39 Å². The molecule has 122 valence electrons. The van der Waals surface area contributed by atoms with E-state index in [1.165, 1.54) is 17.2 Å². The van der Waals surface area contributed by atoms with Crippen LogP contribution in [0.15, 0.2) is 18.2 Å². The number of hydrogen-bond acceptors (Lipinski definition) is 4. The SMILES string of the molecule is N#Cc1cc(F)cc([C@@H]2CCON2C(=O)C2CCC(N)CC2)c1. The molecule has 2 N–H and O–H groups in total. The summed E-state index contributed by atoms with van der Waals surface area (Å²) in [5.74, 6) is -0.608. The lowest BCUT2D eigenvalue weighted by Crippen LogP contribution is -2.38. The molecule has 2 fully saturated rings. The summed E-state index contributed by atoms with van der Waals surface area (Å²) in [7, 11) is 0. The fourth-order valence-electron chi connectivity index (χ4n) is 3.40. The van der Waals surface area contributed by atoms with E-state index in [4.69, 9.17) is 15.8 Å². The molecule has 23 heavy (non-hydrogen) atoms. The second-order valence-electron chi connectivity index (χ2n) is 6.30. The lowest BCUT2D eigenvalue weighted by atomic mass is 9.85. The molecule has 0 unspecified atom stereocenters. The van der Waals surface area contributed by atoms with Crippen molar-refractivity contribution < 1.29 is 14.0 Å². The molecule has 1 amide bonds. The number of carbonyl (C=O) groups excluding carboxylic acids is 1. The first-order valence-electron chi connectivity index (χ1n) is 8.00. The van der Waals surface area contributed by atoms with Gasteiger partial charge in [0.15, 0.2) is 0 Å². The Kier molecular flexibility index (Phi) is 4.60.